The number of fused-ring (bicyclic) bond motifs is 3. The molecule has 0 N–H and O–H groups in total. The molecular formula is C40H37N3O. The minimum atomic E-state index is -0.173. The fourth-order valence-electron chi connectivity index (χ4n) is 6.53. The van der Waals surface area contributed by atoms with E-state index in [0.717, 1.165) is 50.7 Å². The fourth-order valence-corrected chi connectivity index (χ4v) is 6.53. The Kier molecular flexibility index (Phi) is 6.55. The summed E-state index contributed by atoms with van der Waals surface area (Å²) in [4.78, 5) is 12.3. The maximum absolute atomic E-state index is 5.83. The van der Waals surface area contributed by atoms with Gasteiger partial charge in [-0.1, -0.05) is 95.3 Å². The standard InChI is InChI=1S/C40H37N3O/c1-39(2,3)28-17-14-26(15-18-28)29-20-23-36(44-6)38-30(29)19-22-33(42-38)27-16-21-32-35(25-27)43(37-13-9-10-24-41-37)34-12-8-7-11-31(34)40(32,4)5/h7-25H,1-6H3. The van der Waals surface area contributed by atoms with Crippen molar-refractivity contribution < 1.29 is 4.74 Å². The van der Waals surface area contributed by atoms with E-state index < -0.39 is 0 Å². The predicted molar refractivity (Wildman–Crippen MR) is 182 cm³/mol. The zero-order valence-electron chi connectivity index (χ0n) is 26.2. The molecule has 4 aromatic carbocycles. The van der Waals surface area contributed by atoms with Crippen LogP contribution in [0.1, 0.15) is 51.3 Å². The summed E-state index contributed by atoms with van der Waals surface area (Å²) in [7, 11) is 1.71. The Bertz CT molecular complexity index is 2000. The van der Waals surface area contributed by atoms with Crippen LogP contribution in [0.5, 0.6) is 5.75 Å². The van der Waals surface area contributed by atoms with Crippen LogP contribution in [0.4, 0.5) is 17.2 Å². The number of anilines is 3. The highest BCUT2D eigenvalue weighted by atomic mass is 16.5. The van der Waals surface area contributed by atoms with Gasteiger partial charge in [0.25, 0.3) is 0 Å². The molecule has 0 amide bonds. The normalized spacial score (nSPS) is 13.8. The first-order valence-electron chi connectivity index (χ1n) is 15.2. The SMILES string of the molecule is COc1ccc(-c2ccc(C(C)(C)C)cc2)c2ccc(-c3ccc4c(c3)N(c3ccccn3)c3ccccc3C4(C)C)nc12. The van der Waals surface area contributed by atoms with Crippen LogP contribution < -0.4 is 9.64 Å². The Morgan fingerprint density at radius 2 is 1.43 bits per heavy atom. The van der Waals surface area contributed by atoms with Gasteiger partial charge in [0.2, 0.25) is 0 Å². The molecule has 1 aliphatic heterocycles. The van der Waals surface area contributed by atoms with Crippen LogP contribution in [0.2, 0.25) is 0 Å². The van der Waals surface area contributed by atoms with Gasteiger partial charge >= 0.3 is 0 Å². The van der Waals surface area contributed by atoms with E-state index in [0.29, 0.717) is 0 Å². The van der Waals surface area contributed by atoms with E-state index in [2.05, 4.69) is 131 Å². The third kappa shape index (κ3) is 4.53. The summed E-state index contributed by atoms with van der Waals surface area (Å²) in [5, 5.41) is 1.07. The van der Waals surface area contributed by atoms with Crippen LogP contribution >= 0.6 is 0 Å². The second-order valence-corrected chi connectivity index (χ2v) is 13.1. The van der Waals surface area contributed by atoms with Crippen LogP contribution in [0.25, 0.3) is 33.3 Å². The second-order valence-electron chi connectivity index (χ2n) is 13.1. The zero-order chi connectivity index (χ0) is 30.6. The maximum atomic E-state index is 5.83. The van der Waals surface area contributed by atoms with Crippen molar-refractivity contribution in [3.8, 4) is 28.1 Å². The number of aromatic nitrogens is 2. The van der Waals surface area contributed by atoms with Gasteiger partial charge in [0.05, 0.1) is 24.2 Å². The Morgan fingerprint density at radius 3 is 2.16 bits per heavy atom. The molecule has 3 heterocycles. The molecule has 1 aliphatic rings. The summed E-state index contributed by atoms with van der Waals surface area (Å²) >= 11 is 0. The van der Waals surface area contributed by atoms with Gasteiger partial charge in [-0.2, -0.15) is 0 Å². The van der Waals surface area contributed by atoms with E-state index in [1.807, 2.05) is 24.4 Å². The lowest BCUT2D eigenvalue weighted by Gasteiger charge is -2.41. The van der Waals surface area contributed by atoms with Crippen LogP contribution in [0.3, 0.4) is 0 Å². The first kappa shape index (κ1) is 27.8. The molecule has 4 nitrogen and oxygen atoms in total. The molecule has 2 aromatic heterocycles. The van der Waals surface area contributed by atoms with E-state index in [4.69, 9.17) is 14.7 Å². The second kappa shape index (κ2) is 10.3. The highest BCUT2D eigenvalue weighted by molar-refractivity contribution is 5.99. The number of rotatable bonds is 4. The van der Waals surface area contributed by atoms with Crippen LogP contribution in [-0.4, -0.2) is 17.1 Å². The molecular weight excluding hydrogens is 538 g/mol. The smallest absolute Gasteiger partial charge is 0.145 e. The van der Waals surface area contributed by atoms with Gasteiger partial charge in [-0.3, -0.25) is 4.90 Å². The van der Waals surface area contributed by atoms with Crippen LogP contribution in [0.15, 0.2) is 115 Å². The predicted octanol–water partition coefficient (Wildman–Crippen LogP) is 10.4. The number of benzene rings is 4. The molecule has 0 atom stereocenters. The number of pyridine rings is 2. The lowest BCUT2D eigenvalue weighted by molar-refractivity contribution is 0.419. The monoisotopic (exact) mass is 575 g/mol. The van der Waals surface area contributed by atoms with Crippen molar-refractivity contribution in [1.82, 2.24) is 9.97 Å². The molecule has 6 aromatic rings. The molecule has 4 heteroatoms. The Balaban J connectivity index is 1.38. The Morgan fingerprint density at radius 1 is 0.705 bits per heavy atom. The molecule has 0 spiro atoms. The van der Waals surface area contributed by atoms with E-state index in [9.17, 15) is 0 Å². The lowest BCUT2D eigenvalue weighted by Crippen LogP contribution is -2.30. The van der Waals surface area contributed by atoms with Crippen molar-refractivity contribution in [1.29, 1.82) is 0 Å². The van der Waals surface area contributed by atoms with Gasteiger partial charge in [-0.15, -0.1) is 0 Å². The largest absolute Gasteiger partial charge is 0.494 e. The quantitative estimate of drug-likeness (QED) is 0.210. The van der Waals surface area contributed by atoms with E-state index in [1.165, 1.54) is 22.3 Å². The van der Waals surface area contributed by atoms with Gasteiger partial charge in [-0.05, 0) is 81.8 Å². The number of para-hydroxylation sites is 1. The third-order valence-electron chi connectivity index (χ3n) is 9.01. The maximum Gasteiger partial charge on any atom is 0.145 e. The summed E-state index contributed by atoms with van der Waals surface area (Å²) in [6.45, 7) is 11.3. The van der Waals surface area contributed by atoms with Gasteiger partial charge in [0, 0.05) is 22.6 Å². The molecule has 7 rings (SSSR count). The first-order chi connectivity index (χ1) is 21.2. The fraction of sp³-hybridized carbons (Fsp3) is 0.200. The van der Waals surface area contributed by atoms with Gasteiger partial charge in [0.15, 0.2) is 0 Å². The van der Waals surface area contributed by atoms with E-state index >= 15 is 0 Å². The van der Waals surface area contributed by atoms with Crippen molar-refractivity contribution in [2.45, 2.75) is 45.4 Å². The van der Waals surface area contributed by atoms with Crippen LogP contribution in [0, 0.1) is 0 Å². The first-order valence-corrected chi connectivity index (χ1v) is 15.2. The van der Waals surface area contributed by atoms with Crippen molar-refractivity contribution in [3.05, 3.63) is 132 Å². The molecule has 0 radical (unpaired) electrons. The average Bonchev–Trinajstić information content (AvgIpc) is 3.04. The summed E-state index contributed by atoms with van der Waals surface area (Å²) in [6, 6.07) is 38.8. The summed E-state index contributed by atoms with van der Waals surface area (Å²) in [5.74, 6) is 1.66. The number of hydrogen-bond donors (Lipinski definition) is 0. The molecule has 44 heavy (non-hydrogen) atoms. The Hall–Kier alpha value is -4.96. The van der Waals surface area contributed by atoms with E-state index in [1.54, 1.807) is 7.11 Å². The highest BCUT2D eigenvalue weighted by Gasteiger charge is 2.37. The molecule has 0 saturated heterocycles. The number of methoxy groups -OCH3 is 1. The molecule has 0 bridgehead atoms. The molecule has 0 aliphatic carbocycles. The van der Waals surface area contributed by atoms with E-state index in [-0.39, 0.29) is 10.8 Å². The summed E-state index contributed by atoms with van der Waals surface area (Å²) < 4.78 is 5.83. The van der Waals surface area contributed by atoms with Gasteiger partial charge in [0.1, 0.15) is 17.1 Å². The average molecular weight is 576 g/mol. The van der Waals surface area contributed by atoms with Crippen molar-refractivity contribution in [2.24, 2.45) is 0 Å². The van der Waals surface area contributed by atoms with Crippen molar-refractivity contribution in [3.63, 3.8) is 0 Å². The number of ether oxygens (including phenoxy) is 1. The zero-order valence-corrected chi connectivity index (χ0v) is 26.2. The van der Waals surface area contributed by atoms with Crippen LogP contribution in [-0.2, 0) is 10.8 Å². The highest BCUT2D eigenvalue weighted by Crippen LogP contribution is 2.52. The lowest BCUT2D eigenvalue weighted by atomic mass is 9.73. The van der Waals surface area contributed by atoms with Gasteiger partial charge in [-0.25, -0.2) is 9.97 Å². The molecule has 218 valence electrons. The van der Waals surface area contributed by atoms with Gasteiger partial charge < -0.3 is 4.74 Å². The molecule has 0 fully saturated rings. The van der Waals surface area contributed by atoms with Crippen molar-refractivity contribution >= 4 is 28.1 Å². The summed E-state index contributed by atoms with van der Waals surface area (Å²) in [5.41, 5.74) is 11.2. The minimum absolute atomic E-state index is 0.106. The Labute approximate surface area is 260 Å². The molecule has 0 unspecified atom stereocenters. The molecule has 0 saturated carbocycles. The number of hydrogen-bond acceptors (Lipinski definition) is 4. The topological polar surface area (TPSA) is 38.2 Å². The third-order valence-corrected chi connectivity index (χ3v) is 9.01. The number of nitrogens with zero attached hydrogens (tertiary/aromatic N) is 3. The minimum Gasteiger partial charge on any atom is -0.494 e. The van der Waals surface area contributed by atoms with Crippen molar-refractivity contribution in [2.75, 3.05) is 12.0 Å². The summed E-state index contributed by atoms with van der Waals surface area (Å²) in [6.07, 6.45) is 1.85.